The number of halogens is 2. The van der Waals surface area contributed by atoms with Crippen molar-refractivity contribution >= 4 is 29.1 Å². The first-order chi connectivity index (χ1) is 8.58. The molecule has 1 heterocycles. The maximum Gasteiger partial charge on any atom is 0.271 e. The molecule has 0 saturated carbocycles. The first-order valence-electron chi connectivity index (χ1n) is 5.28. The van der Waals surface area contributed by atoms with Gasteiger partial charge in [0.2, 0.25) is 0 Å². The molecule has 4 nitrogen and oxygen atoms in total. The number of aromatic nitrogens is 2. The largest absolute Gasteiger partial charge is 0.347 e. The van der Waals surface area contributed by atoms with Crippen LogP contribution in [0.5, 0.6) is 0 Å². The Morgan fingerprint density at radius 2 is 2.00 bits per heavy atom. The second-order valence-corrected chi connectivity index (χ2v) is 4.62. The second kappa shape index (κ2) is 5.42. The van der Waals surface area contributed by atoms with Crippen molar-refractivity contribution in [2.45, 2.75) is 6.54 Å². The highest BCUT2D eigenvalue weighted by atomic mass is 35.5. The lowest BCUT2D eigenvalue weighted by Crippen LogP contribution is -2.25. The standard InChI is InChI=1S/C12H11Cl2N3O/c1-17-11(10(14)7-16-17)12(18)15-6-8-2-4-9(13)5-3-8/h2-5,7H,6H2,1H3,(H,15,18). The van der Waals surface area contributed by atoms with Gasteiger partial charge >= 0.3 is 0 Å². The van der Waals surface area contributed by atoms with Crippen molar-refractivity contribution in [3.8, 4) is 0 Å². The number of hydrogen-bond acceptors (Lipinski definition) is 2. The molecule has 0 aliphatic rings. The lowest BCUT2D eigenvalue weighted by atomic mass is 10.2. The molecule has 2 rings (SSSR count). The van der Waals surface area contributed by atoms with E-state index in [9.17, 15) is 4.79 Å². The third-order valence-corrected chi connectivity index (χ3v) is 3.00. The Balaban J connectivity index is 2.03. The van der Waals surface area contributed by atoms with Crippen LogP contribution in [0.15, 0.2) is 30.5 Å². The van der Waals surface area contributed by atoms with Gasteiger partial charge in [0.05, 0.1) is 11.2 Å². The molecule has 1 aromatic heterocycles. The summed E-state index contributed by atoms with van der Waals surface area (Å²) in [6.45, 7) is 0.414. The van der Waals surface area contributed by atoms with Gasteiger partial charge in [-0.2, -0.15) is 5.10 Å². The van der Waals surface area contributed by atoms with Crippen molar-refractivity contribution in [3.63, 3.8) is 0 Å². The van der Waals surface area contributed by atoms with Crippen molar-refractivity contribution in [1.29, 1.82) is 0 Å². The quantitative estimate of drug-likeness (QED) is 0.941. The Bertz CT molecular complexity index is 544. The van der Waals surface area contributed by atoms with Gasteiger partial charge in [-0.05, 0) is 17.7 Å². The number of hydrogen-bond donors (Lipinski definition) is 1. The summed E-state index contributed by atoms with van der Waals surface area (Å²) in [6, 6.07) is 7.26. The van der Waals surface area contributed by atoms with Gasteiger partial charge in [0, 0.05) is 18.6 Å². The van der Waals surface area contributed by atoms with E-state index in [2.05, 4.69) is 10.4 Å². The van der Waals surface area contributed by atoms with Gasteiger partial charge in [-0.1, -0.05) is 35.3 Å². The zero-order chi connectivity index (χ0) is 13.1. The average molecular weight is 284 g/mol. The number of nitrogens with one attached hydrogen (secondary N) is 1. The zero-order valence-corrected chi connectivity index (χ0v) is 11.2. The van der Waals surface area contributed by atoms with Gasteiger partial charge in [0.25, 0.3) is 5.91 Å². The minimum absolute atomic E-state index is 0.255. The Morgan fingerprint density at radius 3 is 2.56 bits per heavy atom. The molecule has 0 atom stereocenters. The van der Waals surface area contributed by atoms with Gasteiger partial charge in [-0.3, -0.25) is 9.48 Å². The molecule has 0 bridgehead atoms. The Labute approximate surface area is 115 Å². The summed E-state index contributed by atoms with van der Waals surface area (Å²) in [5.41, 5.74) is 1.32. The van der Waals surface area contributed by atoms with E-state index in [0.717, 1.165) is 5.56 Å². The number of benzene rings is 1. The van der Waals surface area contributed by atoms with E-state index >= 15 is 0 Å². The maximum atomic E-state index is 11.9. The first kappa shape index (κ1) is 12.9. The predicted octanol–water partition coefficient (Wildman–Crippen LogP) is 2.66. The molecule has 0 spiro atoms. The van der Waals surface area contributed by atoms with Crippen LogP contribution in [0.1, 0.15) is 16.1 Å². The minimum Gasteiger partial charge on any atom is -0.347 e. The number of carbonyl (C=O) groups is 1. The van der Waals surface area contributed by atoms with Crippen LogP contribution in [0.2, 0.25) is 10.0 Å². The van der Waals surface area contributed by atoms with E-state index in [1.54, 1.807) is 19.2 Å². The van der Waals surface area contributed by atoms with E-state index in [4.69, 9.17) is 23.2 Å². The van der Waals surface area contributed by atoms with E-state index in [1.807, 2.05) is 12.1 Å². The Hall–Kier alpha value is -1.52. The highest BCUT2D eigenvalue weighted by Gasteiger charge is 2.14. The molecule has 2 aromatic rings. The lowest BCUT2D eigenvalue weighted by molar-refractivity contribution is 0.0941. The van der Waals surface area contributed by atoms with Crippen LogP contribution in [0.4, 0.5) is 0 Å². The highest BCUT2D eigenvalue weighted by molar-refractivity contribution is 6.33. The molecular weight excluding hydrogens is 273 g/mol. The molecule has 1 aromatic carbocycles. The predicted molar refractivity (Wildman–Crippen MR) is 70.8 cm³/mol. The van der Waals surface area contributed by atoms with Crippen LogP contribution in [-0.2, 0) is 13.6 Å². The van der Waals surface area contributed by atoms with Crippen molar-refractivity contribution in [1.82, 2.24) is 15.1 Å². The molecule has 0 saturated heterocycles. The van der Waals surface area contributed by atoms with Gasteiger partial charge in [0.15, 0.2) is 0 Å². The molecule has 1 amide bonds. The van der Waals surface area contributed by atoms with Gasteiger partial charge in [-0.25, -0.2) is 0 Å². The molecule has 6 heteroatoms. The molecule has 1 N–H and O–H groups in total. The number of nitrogens with zero attached hydrogens (tertiary/aromatic N) is 2. The summed E-state index contributed by atoms with van der Waals surface area (Å²) in [7, 11) is 1.67. The fraction of sp³-hybridized carbons (Fsp3) is 0.167. The summed E-state index contributed by atoms with van der Waals surface area (Å²) in [5.74, 6) is -0.255. The van der Waals surface area contributed by atoms with E-state index < -0.39 is 0 Å². The normalized spacial score (nSPS) is 10.4. The van der Waals surface area contributed by atoms with Crippen LogP contribution < -0.4 is 5.32 Å². The molecule has 0 fully saturated rings. The van der Waals surface area contributed by atoms with Gasteiger partial charge < -0.3 is 5.32 Å². The van der Waals surface area contributed by atoms with Crippen molar-refractivity contribution < 1.29 is 4.79 Å². The second-order valence-electron chi connectivity index (χ2n) is 3.77. The SMILES string of the molecule is Cn1ncc(Cl)c1C(=O)NCc1ccc(Cl)cc1. The zero-order valence-electron chi connectivity index (χ0n) is 9.65. The van der Waals surface area contributed by atoms with Crippen molar-refractivity contribution in [2.24, 2.45) is 7.05 Å². The average Bonchev–Trinajstić information content (AvgIpc) is 2.68. The Morgan fingerprint density at radius 1 is 1.33 bits per heavy atom. The van der Waals surface area contributed by atoms with Gasteiger partial charge in [0.1, 0.15) is 5.69 Å². The van der Waals surface area contributed by atoms with E-state index in [-0.39, 0.29) is 5.91 Å². The summed E-state index contributed by atoms with van der Waals surface area (Å²) in [5, 5.41) is 7.69. The van der Waals surface area contributed by atoms with Crippen LogP contribution in [-0.4, -0.2) is 15.7 Å². The highest BCUT2D eigenvalue weighted by Crippen LogP contribution is 2.14. The fourth-order valence-electron chi connectivity index (χ4n) is 1.53. The van der Waals surface area contributed by atoms with Crippen molar-refractivity contribution in [2.75, 3.05) is 0 Å². The third kappa shape index (κ3) is 2.83. The molecule has 0 aliphatic carbocycles. The first-order valence-corrected chi connectivity index (χ1v) is 6.03. The molecule has 18 heavy (non-hydrogen) atoms. The number of amides is 1. The maximum absolute atomic E-state index is 11.9. The van der Waals surface area contributed by atoms with Crippen LogP contribution >= 0.6 is 23.2 Å². The van der Waals surface area contributed by atoms with Crippen LogP contribution in [0, 0.1) is 0 Å². The van der Waals surface area contributed by atoms with Crippen LogP contribution in [0.25, 0.3) is 0 Å². The van der Waals surface area contributed by atoms with Crippen LogP contribution in [0.3, 0.4) is 0 Å². The lowest BCUT2D eigenvalue weighted by Gasteiger charge is -2.06. The summed E-state index contributed by atoms with van der Waals surface area (Å²) < 4.78 is 1.44. The minimum atomic E-state index is -0.255. The molecule has 0 unspecified atom stereocenters. The topological polar surface area (TPSA) is 46.9 Å². The number of aryl methyl sites for hydroxylation is 1. The fourth-order valence-corrected chi connectivity index (χ4v) is 1.91. The number of carbonyl (C=O) groups excluding carboxylic acids is 1. The summed E-state index contributed by atoms with van der Waals surface area (Å²) in [6.07, 6.45) is 1.44. The molecular formula is C12H11Cl2N3O. The third-order valence-electron chi connectivity index (χ3n) is 2.48. The molecule has 94 valence electrons. The van der Waals surface area contributed by atoms with E-state index in [0.29, 0.717) is 22.3 Å². The molecule has 0 aliphatic heterocycles. The number of rotatable bonds is 3. The summed E-state index contributed by atoms with van der Waals surface area (Å²) >= 11 is 11.7. The molecule has 0 radical (unpaired) electrons. The summed E-state index contributed by atoms with van der Waals surface area (Å²) in [4.78, 5) is 11.9. The van der Waals surface area contributed by atoms with Gasteiger partial charge in [-0.15, -0.1) is 0 Å². The smallest absolute Gasteiger partial charge is 0.271 e. The monoisotopic (exact) mass is 283 g/mol. The Kier molecular flexibility index (Phi) is 3.89. The van der Waals surface area contributed by atoms with E-state index in [1.165, 1.54) is 10.9 Å². The van der Waals surface area contributed by atoms with Crippen molar-refractivity contribution in [3.05, 3.63) is 51.8 Å².